The van der Waals surface area contributed by atoms with Gasteiger partial charge in [0.2, 0.25) is 0 Å². The van der Waals surface area contributed by atoms with Gasteiger partial charge in [-0.15, -0.1) is 13.2 Å². The average molecular weight is 291 g/mol. The van der Waals surface area contributed by atoms with Crippen LogP contribution >= 0.6 is 0 Å². The third-order valence-electron chi connectivity index (χ3n) is 1.74. The fraction of sp³-hybridized carbons (Fsp3) is 0.250. The summed E-state index contributed by atoms with van der Waals surface area (Å²) in [5, 5.41) is 8.44. The molecule has 5 nitrogen and oxygen atoms in total. The standard InChI is InChI=1S/C8H3F6NO4/c9-7(10,11)4-3(19-8(12,13)14)1-2(6(17)18)5(16)15-4/h1H,(H,15,16)(H,17,18). The quantitative estimate of drug-likeness (QED) is 0.817. The Morgan fingerprint density at radius 3 is 2.11 bits per heavy atom. The summed E-state index contributed by atoms with van der Waals surface area (Å²) in [7, 11) is 0. The van der Waals surface area contributed by atoms with E-state index in [9.17, 15) is 35.9 Å². The number of aromatic carboxylic acids is 1. The van der Waals surface area contributed by atoms with Gasteiger partial charge < -0.3 is 14.8 Å². The molecule has 1 heterocycles. The van der Waals surface area contributed by atoms with Crippen LogP contribution in [0.15, 0.2) is 10.9 Å². The molecule has 0 saturated carbocycles. The minimum atomic E-state index is -5.48. The molecule has 0 saturated heterocycles. The summed E-state index contributed by atoms with van der Waals surface area (Å²) < 4.78 is 75.9. The lowest BCUT2D eigenvalue weighted by molar-refractivity contribution is -0.276. The van der Waals surface area contributed by atoms with Gasteiger partial charge >= 0.3 is 18.5 Å². The van der Waals surface area contributed by atoms with Crippen molar-refractivity contribution in [3.63, 3.8) is 0 Å². The monoisotopic (exact) mass is 291 g/mol. The zero-order chi connectivity index (χ0) is 15.0. The first-order chi connectivity index (χ1) is 8.42. The first-order valence-corrected chi connectivity index (χ1v) is 4.25. The Morgan fingerprint density at radius 2 is 1.74 bits per heavy atom. The van der Waals surface area contributed by atoms with Gasteiger partial charge in [-0.1, -0.05) is 0 Å². The van der Waals surface area contributed by atoms with E-state index in [-0.39, 0.29) is 6.07 Å². The second kappa shape index (κ2) is 4.48. The number of rotatable bonds is 2. The van der Waals surface area contributed by atoms with E-state index < -0.39 is 41.1 Å². The van der Waals surface area contributed by atoms with Crippen molar-refractivity contribution in [2.45, 2.75) is 12.5 Å². The van der Waals surface area contributed by atoms with E-state index in [0.717, 1.165) is 4.98 Å². The number of carboxylic acids is 1. The number of H-pyrrole nitrogens is 1. The van der Waals surface area contributed by atoms with Crippen LogP contribution in [-0.4, -0.2) is 22.4 Å². The summed E-state index contributed by atoms with van der Waals surface area (Å²) in [6.07, 6.45) is -10.8. The Bertz CT molecular complexity index is 558. The number of nitrogens with one attached hydrogen (secondary N) is 1. The van der Waals surface area contributed by atoms with E-state index in [1.54, 1.807) is 0 Å². The largest absolute Gasteiger partial charge is 0.573 e. The summed E-state index contributed by atoms with van der Waals surface area (Å²) in [6.45, 7) is 0. The lowest BCUT2D eigenvalue weighted by Crippen LogP contribution is -2.26. The van der Waals surface area contributed by atoms with Crippen LogP contribution in [0.2, 0.25) is 0 Å². The summed E-state index contributed by atoms with van der Waals surface area (Å²) in [5.41, 5.74) is -5.14. The maximum absolute atomic E-state index is 12.4. The molecule has 0 aromatic carbocycles. The number of aromatic nitrogens is 1. The van der Waals surface area contributed by atoms with Crippen molar-refractivity contribution in [3.8, 4) is 5.75 Å². The molecule has 0 amide bonds. The minimum absolute atomic E-state index is 0.141. The number of alkyl halides is 6. The molecule has 0 spiro atoms. The molecule has 0 atom stereocenters. The fourth-order valence-electron chi connectivity index (χ4n) is 1.09. The first kappa shape index (κ1) is 14.9. The summed E-state index contributed by atoms with van der Waals surface area (Å²) in [4.78, 5) is 22.4. The number of aromatic amines is 1. The summed E-state index contributed by atoms with van der Waals surface area (Å²) in [5.74, 6) is -3.85. The highest BCUT2D eigenvalue weighted by atomic mass is 19.4. The van der Waals surface area contributed by atoms with Crippen molar-refractivity contribution >= 4 is 5.97 Å². The number of halogens is 6. The van der Waals surface area contributed by atoms with E-state index in [2.05, 4.69) is 4.74 Å². The molecule has 0 unspecified atom stereocenters. The zero-order valence-electron chi connectivity index (χ0n) is 8.52. The lowest BCUT2D eigenvalue weighted by atomic mass is 10.2. The number of hydrogen-bond acceptors (Lipinski definition) is 3. The van der Waals surface area contributed by atoms with E-state index in [4.69, 9.17) is 5.11 Å². The van der Waals surface area contributed by atoms with E-state index >= 15 is 0 Å². The molecule has 106 valence electrons. The van der Waals surface area contributed by atoms with Crippen LogP contribution in [0.1, 0.15) is 16.1 Å². The van der Waals surface area contributed by atoms with Gasteiger partial charge in [-0.25, -0.2) is 4.79 Å². The predicted molar refractivity (Wildman–Crippen MR) is 45.7 cm³/mol. The molecule has 2 N–H and O–H groups in total. The van der Waals surface area contributed by atoms with Crippen molar-refractivity contribution in [2.24, 2.45) is 0 Å². The van der Waals surface area contributed by atoms with Gasteiger partial charge in [0.25, 0.3) is 5.56 Å². The van der Waals surface area contributed by atoms with Gasteiger partial charge in [0.1, 0.15) is 5.56 Å². The molecule has 0 aliphatic rings. The lowest BCUT2D eigenvalue weighted by Gasteiger charge is -2.15. The summed E-state index contributed by atoms with van der Waals surface area (Å²) in [6, 6.07) is -0.141. The predicted octanol–water partition coefficient (Wildman–Crippen LogP) is 1.99. The Kier molecular flexibility index (Phi) is 3.50. The third kappa shape index (κ3) is 3.63. The number of hydrogen-bond donors (Lipinski definition) is 2. The SMILES string of the molecule is O=C(O)c1cc(OC(F)(F)F)c(C(F)(F)F)[nH]c1=O. The fourth-order valence-corrected chi connectivity index (χ4v) is 1.09. The van der Waals surface area contributed by atoms with Crippen LogP contribution in [-0.2, 0) is 6.18 Å². The van der Waals surface area contributed by atoms with Crippen molar-refractivity contribution in [3.05, 3.63) is 27.7 Å². The van der Waals surface area contributed by atoms with Gasteiger partial charge in [0, 0.05) is 6.07 Å². The highest BCUT2D eigenvalue weighted by molar-refractivity contribution is 5.87. The average Bonchev–Trinajstić information content (AvgIpc) is 2.15. The molecule has 0 radical (unpaired) electrons. The zero-order valence-corrected chi connectivity index (χ0v) is 8.52. The molecule has 0 aliphatic carbocycles. The van der Waals surface area contributed by atoms with Crippen LogP contribution < -0.4 is 10.3 Å². The van der Waals surface area contributed by atoms with Crippen LogP contribution in [0.25, 0.3) is 0 Å². The number of ether oxygens (including phenoxy) is 1. The number of carboxylic acid groups (broad SMARTS) is 1. The van der Waals surface area contributed by atoms with Gasteiger partial charge in [-0.3, -0.25) is 4.79 Å². The van der Waals surface area contributed by atoms with Crippen molar-refractivity contribution in [1.82, 2.24) is 4.98 Å². The van der Waals surface area contributed by atoms with E-state index in [0.29, 0.717) is 0 Å². The molecule has 1 rings (SSSR count). The molecular formula is C8H3F6NO4. The second-order valence-electron chi connectivity index (χ2n) is 3.10. The highest BCUT2D eigenvalue weighted by Crippen LogP contribution is 2.36. The maximum Gasteiger partial charge on any atom is 0.573 e. The van der Waals surface area contributed by atoms with Crippen LogP contribution in [0.3, 0.4) is 0 Å². The number of pyridine rings is 1. The minimum Gasteiger partial charge on any atom is -0.477 e. The first-order valence-electron chi connectivity index (χ1n) is 4.25. The Labute approximate surface area is 99.0 Å². The number of carbonyl (C=O) groups is 1. The van der Waals surface area contributed by atoms with Gasteiger partial charge in [-0.2, -0.15) is 13.2 Å². The molecule has 11 heteroatoms. The normalized spacial score (nSPS) is 12.3. The maximum atomic E-state index is 12.4. The van der Waals surface area contributed by atoms with Crippen LogP contribution in [0.4, 0.5) is 26.3 Å². The Balaban J connectivity index is 3.51. The van der Waals surface area contributed by atoms with Crippen LogP contribution in [0, 0.1) is 0 Å². The molecule has 19 heavy (non-hydrogen) atoms. The van der Waals surface area contributed by atoms with Crippen LogP contribution in [0.5, 0.6) is 5.75 Å². The molecule has 0 bridgehead atoms. The molecule has 1 aromatic heterocycles. The van der Waals surface area contributed by atoms with Crippen molar-refractivity contribution < 1.29 is 41.0 Å². The van der Waals surface area contributed by atoms with Gasteiger partial charge in [-0.05, 0) is 0 Å². The molecule has 1 aromatic rings. The second-order valence-corrected chi connectivity index (χ2v) is 3.10. The topological polar surface area (TPSA) is 79.4 Å². The summed E-state index contributed by atoms with van der Waals surface area (Å²) >= 11 is 0. The van der Waals surface area contributed by atoms with Crippen molar-refractivity contribution in [2.75, 3.05) is 0 Å². The Hall–Kier alpha value is -2.20. The highest BCUT2D eigenvalue weighted by Gasteiger charge is 2.41. The van der Waals surface area contributed by atoms with Gasteiger partial charge in [0.05, 0.1) is 0 Å². The third-order valence-corrected chi connectivity index (χ3v) is 1.74. The molecule has 0 aliphatic heterocycles. The van der Waals surface area contributed by atoms with E-state index in [1.165, 1.54) is 0 Å². The molecular weight excluding hydrogens is 288 g/mol. The molecule has 0 fully saturated rings. The van der Waals surface area contributed by atoms with Crippen molar-refractivity contribution in [1.29, 1.82) is 0 Å². The smallest absolute Gasteiger partial charge is 0.477 e. The van der Waals surface area contributed by atoms with E-state index in [1.807, 2.05) is 0 Å². The van der Waals surface area contributed by atoms with Gasteiger partial charge in [0.15, 0.2) is 11.4 Å². The Morgan fingerprint density at radius 1 is 1.21 bits per heavy atom.